The number of nitrogens with zero attached hydrogens (tertiary/aromatic N) is 2. The molecule has 0 spiro atoms. The smallest absolute Gasteiger partial charge is 0.253 e. The van der Waals surface area contributed by atoms with Crippen molar-refractivity contribution in [3.8, 4) is 0 Å². The molecule has 1 aromatic heterocycles. The van der Waals surface area contributed by atoms with E-state index in [1.807, 2.05) is 38.1 Å². The number of hydrogen-bond donors (Lipinski definition) is 1. The topological polar surface area (TPSA) is 63.5 Å². The number of hydrogen-bond acceptors (Lipinski definition) is 3. The standard InChI is InChI=1S/C17H19N3O2S/c1-4-15(18-3)11-19-17(21)14-9-10-20(12-14)23(22)16-7-5-13(2)6-8-16/h4-10,12H,3,11H2,1-2H3,(H,19,21)/b15-4-. The van der Waals surface area contributed by atoms with E-state index >= 15 is 0 Å². The van der Waals surface area contributed by atoms with Crippen molar-refractivity contribution in [3.63, 3.8) is 0 Å². The minimum absolute atomic E-state index is 0.243. The van der Waals surface area contributed by atoms with Crippen LogP contribution in [0.4, 0.5) is 0 Å². The maximum absolute atomic E-state index is 12.5. The summed E-state index contributed by atoms with van der Waals surface area (Å²) in [5.41, 5.74) is 2.25. The summed E-state index contributed by atoms with van der Waals surface area (Å²) in [7, 11) is -1.37. The molecule has 0 saturated carbocycles. The molecule has 1 aromatic carbocycles. The Morgan fingerprint density at radius 3 is 2.65 bits per heavy atom. The third kappa shape index (κ3) is 4.26. The molecule has 0 aliphatic rings. The first kappa shape index (κ1) is 16.9. The van der Waals surface area contributed by atoms with Crippen molar-refractivity contribution >= 4 is 23.6 Å². The van der Waals surface area contributed by atoms with Gasteiger partial charge in [0.1, 0.15) is 0 Å². The number of aromatic nitrogens is 1. The van der Waals surface area contributed by atoms with Gasteiger partial charge in [0.05, 0.1) is 22.7 Å². The highest BCUT2D eigenvalue weighted by molar-refractivity contribution is 7.83. The molecule has 23 heavy (non-hydrogen) atoms. The summed E-state index contributed by atoms with van der Waals surface area (Å²) in [6.07, 6.45) is 4.99. The van der Waals surface area contributed by atoms with Gasteiger partial charge in [0.25, 0.3) is 5.91 Å². The van der Waals surface area contributed by atoms with Gasteiger partial charge in [0.15, 0.2) is 11.0 Å². The van der Waals surface area contributed by atoms with E-state index in [2.05, 4.69) is 17.0 Å². The first-order valence-electron chi connectivity index (χ1n) is 7.12. The van der Waals surface area contributed by atoms with Crippen molar-refractivity contribution in [3.05, 3.63) is 65.6 Å². The number of amides is 1. The van der Waals surface area contributed by atoms with Crippen LogP contribution in [-0.2, 0) is 11.0 Å². The Bertz CT molecular complexity index is 760. The molecule has 2 aromatic rings. The molecule has 0 saturated heterocycles. The van der Waals surface area contributed by atoms with Crippen molar-refractivity contribution in [2.24, 2.45) is 4.99 Å². The third-order valence-electron chi connectivity index (χ3n) is 3.31. The summed E-state index contributed by atoms with van der Waals surface area (Å²) in [6, 6.07) is 9.09. The zero-order chi connectivity index (χ0) is 16.8. The van der Waals surface area contributed by atoms with Crippen LogP contribution < -0.4 is 5.32 Å². The highest BCUT2D eigenvalue weighted by Crippen LogP contribution is 2.12. The summed E-state index contributed by atoms with van der Waals surface area (Å²) in [5.74, 6) is -0.243. The lowest BCUT2D eigenvalue weighted by Gasteiger charge is -2.04. The lowest BCUT2D eigenvalue weighted by atomic mass is 10.2. The van der Waals surface area contributed by atoms with Gasteiger partial charge in [0.2, 0.25) is 0 Å². The molecule has 6 heteroatoms. The van der Waals surface area contributed by atoms with E-state index in [0.717, 1.165) is 5.56 Å². The first-order chi connectivity index (χ1) is 11.0. The molecule has 0 radical (unpaired) electrons. The van der Waals surface area contributed by atoms with E-state index in [1.165, 1.54) is 3.97 Å². The number of nitrogens with one attached hydrogen (secondary N) is 1. The van der Waals surface area contributed by atoms with E-state index in [1.54, 1.807) is 24.5 Å². The van der Waals surface area contributed by atoms with Crippen LogP contribution in [0.15, 0.2) is 64.4 Å². The lowest BCUT2D eigenvalue weighted by molar-refractivity contribution is 0.0957. The fourth-order valence-corrected chi connectivity index (χ4v) is 2.91. The Morgan fingerprint density at radius 2 is 2.04 bits per heavy atom. The van der Waals surface area contributed by atoms with Crippen molar-refractivity contribution in [1.29, 1.82) is 0 Å². The predicted octanol–water partition coefficient (Wildman–Crippen LogP) is 2.70. The number of rotatable bonds is 6. The molecule has 0 fully saturated rings. The van der Waals surface area contributed by atoms with E-state index in [9.17, 15) is 9.00 Å². The molecule has 1 N–H and O–H groups in total. The van der Waals surface area contributed by atoms with Crippen molar-refractivity contribution < 1.29 is 9.00 Å². The lowest BCUT2D eigenvalue weighted by Crippen LogP contribution is -2.24. The molecule has 1 amide bonds. The number of carbonyl (C=O) groups is 1. The van der Waals surface area contributed by atoms with Crippen LogP contribution in [0.3, 0.4) is 0 Å². The van der Waals surface area contributed by atoms with Gasteiger partial charge < -0.3 is 5.32 Å². The molecule has 1 heterocycles. The molecule has 0 aliphatic heterocycles. The average molecular weight is 329 g/mol. The van der Waals surface area contributed by atoms with Gasteiger partial charge in [-0.15, -0.1) is 0 Å². The molecule has 2 rings (SSSR count). The Kier molecular flexibility index (Phi) is 5.65. The highest BCUT2D eigenvalue weighted by atomic mass is 32.2. The quantitative estimate of drug-likeness (QED) is 0.828. The molecular weight excluding hydrogens is 310 g/mol. The molecule has 0 aliphatic carbocycles. The Labute approximate surface area is 138 Å². The number of carbonyl (C=O) groups excluding carboxylic acids is 1. The average Bonchev–Trinajstić information content (AvgIpc) is 3.05. The van der Waals surface area contributed by atoms with Crippen LogP contribution >= 0.6 is 0 Å². The van der Waals surface area contributed by atoms with Gasteiger partial charge in [-0.05, 0) is 38.8 Å². The SMILES string of the molecule is C=N/C(=C\C)CNC(=O)c1ccn(S(=O)c2ccc(C)cc2)c1. The Morgan fingerprint density at radius 1 is 1.35 bits per heavy atom. The molecule has 1 unspecified atom stereocenters. The number of aryl methyl sites for hydroxylation is 1. The van der Waals surface area contributed by atoms with E-state index in [-0.39, 0.29) is 5.91 Å². The number of benzene rings is 1. The third-order valence-corrected chi connectivity index (χ3v) is 4.60. The second kappa shape index (κ2) is 7.69. The second-order valence-electron chi connectivity index (χ2n) is 4.94. The van der Waals surface area contributed by atoms with Gasteiger partial charge in [-0.2, -0.15) is 0 Å². The maximum atomic E-state index is 12.5. The monoisotopic (exact) mass is 329 g/mol. The van der Waals surface area contributed by atoms with E-state index in [0.29, 0.717) is 22.7 Å². The zero-order valence-electron chi connectivity index (χ0n) is 13.2. The van der Waals surface area contributed by atoms with Crippen molar-refractivity contribution in [2.75, 3.05) is 6.54 Å². The normalized spacial score (nSPS) is 12.7. The molecule has 1 atom stereocenters. The van der Waals surface area contributed by atoms with Gasteiger partial charge in [-0.1, -0.05) is 23.8 Å². The second-order valence-corrected chi connectivity index (χ2v) is 6.33. The summed E-state index contributed by atoms with van der Waals surface area (Å²) >= 11 is 0. The van der Waals surface area contributed by atoms with Crippen molar-refractivity contribution in [1.82, 2.24) is 9.29 Å². The zero-order valence-corrected chi connectivity index (χ0v) is 14.0. The van der Waals surface area contributed by atoms with Gasteiger partial charge in [-0.25, -0.2) is 4.21 Å². The van der Waals surface area contributed by atoms with Crippen LogP contribution in [0.25, 0.3) is 0 Å². The summed E-state index contributed by atoms with van der Waals surface area (Å²) < 4.78 is 14.0. The van der Waals surface area contributed by atoms with Crippen LogP contribution in [0.1, 0.15) is 22.8 Å². The highest BCUT2D eigenvalue weighted by Gasteiger charge is 2.11. The van der Waals surface area contributed by atoms with E-state index < -0.39 is 11.0 Å². The van der Waals surface area contributed by atoms with Crippen LogP contribution in [0.5, 0.6) is 0 Å². The predicted molar refractivity (Wildman–Crippen MR) is 93.1 cm³/mol. The maximum Gasteiger partial charge on any atom is 0.253 e. The fourth-order valence-electron chi connectivity index (χ4n) is 1.91. The Hall–Kier alpha value is -2.47. The summed E-state index contributed by atoms with van der Waals surface area (Å²) in [6.45, 7) is 7.55. The van der Waals surface area contributed by atoms with Crippen molar-refractivity contribution in [2.45, 2.75) is 18.7 Å². The minimum atomic E-state index is -1.37. The molecule has 5 nitrogen and oxygen atoms in total. The van der Waals surface area contributed by atoms with Gasteiger partial charge in [-0.3, -0.25) is 13.8 Å². The Balaban J connectivity index is 2.08. The van der Waals surface area contributed by atoms with Crippen LogP contribution in [0.2, 0.25) is 0 Å². The van der Waals surface area contributed by atoms with Gasteiger partial charge in [0, 0.05) is 12.4 Å². The molecule has 120 valence electrons. The number of allylic oxidation sites excluding steroid dienone is 1. The van der Waals surface area contributed by atoms with E-state index in [4.69, 9.17) is 0 Å². The first-order valence-corrected chi connectivity index (χ1v) is 8.23. The van der Waals surface area contributed by atoms with Crippen LogP contribution in [-0.4, -0.2) is 27.4 Å². The number of aliphatic imine (C=N–C) groups is 1. The molecular formula is C17H19N3O2S. The van der Waals surface area contributed by atoms with Gasteiger partial charge >= 0.3 is 0 Å². The summed E-state index contributed by atoms with van der Waals surface area (Å²) in [4.78, 5) is 16.6. The largest absolute Gasteiger partial charge is 0.346 e. The molecule has 0 bridgehead atoms. The minimum Gasteiger partial charge on any atom is -0.346 e. The fraction of sp³-hybridized carbons (Fsp3) is 0.176. The van der Waals surface area contributed by atoms with Crippen LogP contribution in [0, 0.1) is 6.92 Å². The summed E-state index contributed by atoms with van der Waals surface area (Å²) in [5, 5.41) is 2.75.